The third-order valence-electron chi connectivity index (χ3n) is 1.51. The summed E-state index contributed by atoms with van der Waals surface area (Å²) in [6.45, 7) is 0. The van der Waals surface area contributed by atoms with Crippen molar-refractivity contribution in [2.45, 2.75) is 4.90 Å². The highest BCUT2D eigenvalue weighted by Crippen LogP contribution is 2.12. The Bertz CT molecular complexity index is 412. The van der Waals surface area contributed by atoms with Crippen molar-refractivity contribution in [2.24, 2.45) is 0 Å². The van der Waals surface area contributed by atoms with Crippen molar-refractivity contribution < 1.29 is 18.4 Å². The zero-order valence-corrected chi connectivity index (χ0v) is 7.78. The minimum absolute atomic E-state index is 0.0866. The number of benzene rings is 1. The number of sulfonamides is 1. The van der Waals surface area contributed by atoms with Crippen LogP contribution in [0.2, 0.25) is 0 Å². The van der Waals surface area contributed by atoms with Crippen molar-refractivity contribution in [3.05, 3.63) is 24.3 Å². The van der Waals surface area contributed by atoms with Crippen molar-refractivity contribution in [3.8, 4) is 0 Å². The Morgan fingerprint density at radius 1 is 1.21 bits per heavy atom. The van der Waals surface area contributed by atoms with E-state index in [0.717, 1.165) is 0 Å². The third kappa shape index (κ3) is 2.28. The molecule has 0 spiro atoms. The van der Waals surface area contributed by atoms with Crippen LogP contribution < -0.4 is 10.2 Å². The maximum absolute atomic E-state index is 11.0. The Balaban J connectivity index is 3.00. The number of carbonyl (C=O) groups excluding carboxylic acids is 1. The van der Waals surface area contributed by atoms with Crippen LogP contribution in [-0.2, 0) is 14.8 Å². The Kier molecular flexibility index (Phi) is 3.18. The van der Waals surface area contributed by atoms with Gasteiger partial charge in [0.25, 0.3) is 10.0 Å². The first-order valence-corrected chi connectivity index (χ1v) is 5.04. The molecule has 0 heterocycles. The van der Waals surface area contributed by atoms with E-state index in [2.05, 4.69) is 5.32 Å². The molecule has 14 heavy (non-hydrogen) atoms. The molecular formula is C7H8N2O4S. The van der Waals surface area contributed by atoms with Crippen LogP contribution in [0.3, 0.4) is 0 Å². The van der Waals surface area contributed by atoms with Gasteiger partial charge in [0.2, 0.25) is 6.41 Å². The highest BCUT2D eigenvalue weighted by molar-refractivity contribution is 7.89. The summed E-state index contributed by atoms with van der Waals surface area (Å²) in [5.41, 5.74) is 0.469. The minimum atomic E-state index is -3.84. The second-order valence-electron chi connectivity index (χ2n) is 2.38. The molecular weight excluding hydrogens is 208 g/mol. The van der Waals surface area contributed by atoms with E-state index in [9.17, 15) is 13.2 Å². The maximum Gasteiger partial charge on any atom is 0.262 e. The lowest BCUT2D eigenvalue weighted by Gasteiger charge is -2.02. The van der Waals surface area contributed by atoms with Gasteiger partial charge in [-0.05, 0) is 24.3 Å². The van der Waals surface area contributed by atoms with E-state index >= 15 is 0 Å². The first kappa shape index (κ1) is 10.6. The average molecular weight is 216 g/mol. The lowest BCUT2D eigenvalue weighted by Crippen LogP contribution is -2.19. The molecule has 1 aromatic rings. The Hall–Kier alpha value is -1.44. The molecule has 1 amide bonds. The van der Waals surface area contributed by atoms with E-state index in [1.807, 2.05) is 0 Å². The molecule has 0 aromatic heterocycles. The molecule has 0 saturated carbocycles. The molecule has 6 nitrogen and oxygen atoms in total. The monoisotopic (exact) mass is 216 g/mol. The van der Waals surface area contributed by atoms with Gasteiger partial charge in [-0.15, -0.1) is 0 Å². The third-order valence-corrected chi connectivity index (χ3v) is 2.64. The fourth-order valence-electron chi connectivity index (χ4n) is 0.851. The molecule has 0 radical (unpaired) electrons. The zero-order valence-electron chi connectivity index (χ0n) is 6.97. The van der Waals surface area contributed by atoms with Crippen LogP contribution in [-0.4, -0.2) is 20.0 Å². The van der Waals surface area contributed by atoms with E-state index in [1.54, 1.807) is 0 Å². The van der Waals surface area contributed by atoms with Crippen LogP contribution >= 0.6 is 0 Å². The van der Waals surface area contributed by atoms with Crippen LogP contribution in [0.25, 0.3) is 0 Å². The topological polar surface area (TPSA) is 95.5 Å². The van der Waals surface area contributed by atoms with Crippen LogP contribution in [0, 0.1) is 0 Å². The average Bonchev–Trinajstić information content (AvgIpc) is 2.19. The number of nitrogens with one attached hydrogen (secondary N) is 2. The van der Waals surface area contributed by atoms with Gasteiger partial charge in [0.15, 0.2) is 0 Å². The van der Waals surface area contributed by atoms with Gasteiger partial charge in [-0.2, -0.15) is 0 Å². The number of hydrogen-bond acceptors (Lipinski definition) is 4. The fourth-order valence-corrected chi connectivity index (χ4v) is 1.45. The summed E-state index contributed by atoms with van der Waals surface area (Å²) in [6.07, 6.45) is 0.480. The first-order valence-electron chi connectivity index (χ1n) is 3.56. The number of hydrogen-bond donors (Lipinski definition) is 3. The normalized spacial score (nSPS) is 10.9. The molecule has 1 rings (SSSR count). The Morgan fingerprint density at radius 2 is 1.79 bits per heavy atom. The van der Waals surface area contributed by atoms with Crippen LogP contribution in [0.4, 0.5) is 5.69 Å². The van der Waals surface area contributed by atoms with E-state index in [-0.39, 0.29) is 4.90 Å². The van der Waals surface area contributed by atoms with E-state index in [4.69, 9.17) is 5.21 Å². The molecule has 0 aliphatic heterocycles. The quantitative estimate of drug-likeness (QED) is 0.484. The van der Waals surface area contributed by atoms with Crippen molar-refractivity contribution in [1.82, 2.24) is 4.89 Å². The van der Waals surface area contributed by atoms with Gasteiger partial charge in [0.05, 0.1) is 4.90 Å². The second kappa shape index (κ2) is 4.18. The minimum Gasteiger partial charge on any atom is -0.329 e. The lowest BCUT2D eigenvalue weighted by molar-refractivity contribution is -0.105. The van der Waals surface area contributed by atoms with Gasteiger partial charge < -0.3 is 10.5 Å². The number of carbonyl (C=O) groups is 1. The highest BCUT2D eigenvalue weighted by atomic mass is 32.2. The molecule has 0 unspecified atom stereocenters. The van der Waals surface area contributed by atoms with E-state index in [0.29, 0.717) is 12.1 Å². The van der Waals surface area contributed by atoms with Crippen LogP contribution in [0.5, 0.6) is 0 Å². The standard InChI is InChI=1S/C7H8N2O4S/c10-5-8-6-1-3-7(4-2-6)14(12,13)9-11/h1-5,9,11H,(H,8,10). The van der Waals surface area contributed by atoms with Crippen molar-refractivity contribution >= 4 is 22.1 Å². The van der Waals surface area contributed by atoms with E-state index < -0.39 is 10.0 Å². The Morgan fingerprint density at radius 3 is 2.21 bits per heavy atom. The SMILES string of the molecule is O=CNc1ccc(S(=O)(=O)NO)cc1. The predicted octanol–water partition coefficient (Wildman–Crippen LogP) is -0.0776. The number of rotatable bonds is 4. The fraction of sp³-hybridized carbons (Fsp3) is 0. The smallest absolute Gasteiger partial charge is 0.262 e. The summed E-state index contributed by atoms with van der Waals surface area (Å²) >= 11 is 0. The second-order valence-corrected chi connectivity index (χ2v) is 4.04. The molecule has 0 fully saturated rings. The molecule has 0 bridgehead atoms. The van der Waals surface area contributed by atoms with Crippen molar-refractivity contribution in [2.75, 3.05) is 5.32 Å². The number of anilines is 1. The number of amides is 1. The summed E-state index contributed by atoms with van der Waals surface area (Å²) in [5.74, 6) is 0. The van der Waals surface area contributed by atoms with Gasteiger partial charge in [0, 0.05) is 5.69 Å². The van der Waals surface area contributed by atoms with Gasteiger partial charge >= 0.3 is 0 Å². The largest absolute Gasteiger partial charge is 0.329 e. The first-order chi connectivity index (χ1) is 6.60. The molecule has 1 aromatic carbocycles. The van der Waals surface area contributed by atoms with Crippen LogP contribution in [0.1, 0.15) is 0 Å². The summed E-state index contributed by atoms with van der Waals surface area (Å²) in [4.78, 5) is 11.1. The van der Waals surface area contributed by atoms with Gasteiger partial charge in [-0.25, -0.2) is 8.42 Å². The van der Waals surface area contributed by atoms with Crippen LogP contribution in [0.15, 0.2) is 29.2 Å². The summed E-state index contributed by atoms with van der Waals surface area (Å²) < 4.78 is 22.0. The molecule has 7 heteroatoms. The summed E-state index contributed by atoms with van der Waals surface area (Å²) in [5, 5.41) is 10.7. The lowest BCUT2D eigenvalue weighted by atomic mass is 10.3. The molecule has 76 valence electrons. The maximum atomic E-state index is 11.0. The van der Waals surface area contributed by atoms with E-state index in [1.165, 1.54) is 29.2 Å². The molecule has 0 aliphatic carbocycles. The highest BCUT2D eigenvalue weighted by Gasteiger charge is 2.11. The zero-order chi connectivity index (χ0) is 10.6. The van der Waals surface area contributed by atoms with Crippen molar-refractivity contribution in [1.29, 1.82) is 0 Å². The predicted molar refractivity (Wildman–Crippen MR) is 48.2 cm³/mol. The molecule has 0 saturated heterocycles. The molecule has 0 atom stereocenters. The summed E-state index contributed by atoms with van der Waals surface area (Å²) in [6, 6.07) is 5.31. The van der Waals surface area contributed by atoms with Gasteiger partial charge in [-0.1, -0.05) is 4.89 Å². The molecule has 3 N–H and O–H groups in total. The van der Waals surface area contributed by atoms with Gasteiger partial charge in [-0.3, -0.25) is 4.79 Å². The van der Waals surface area contributed by atoms with Gasteiger partial charge in [0.1, 0.15) is 0 Å². The summed E-state index contributed by atoms with van der Waals surface area (Å²) in [7, 11) is -3.84. The Labute approximate surface area is 80.6 Å². The molecule has 0 aliphatic rings. The van der Waals surface area contributed by atoms with Crippen molar-refractivity contribution in [3.63, 3.8) is 0 Å².